The number of nitrogens with zero attached hydrogens (tertiary/aromatic N) is 3. The van der Waals surface area contributed by atoms with E-state index in [1.54, 1.807) is 11.3 Å². The number of rotatable bonds is 3. The van der Waals surface area contributed by atoms with E-state index in [4.69, 9.17) is 9.51 Å². The van der Waals surface area contributed by atoms with E-state index in [9.17, 15) is 4.79 Å². The highest BCUT2D eigenvalue weighted by Crippen LogP contribution is 2.33. The minimum Gasteiger partial charge on any atom is -0.361 e. The van der Waals surface area contributed by atoms with Gasteiger partial charge in [-0.3, -0.25) is 4.79 Å². The molecule has 3 heterocycles. The molecule has 1 aliphatic heterocycles. The van der Waals surface area contributed by atoms with Crippen LogP contribution < -0.4 is 0 Å². The van der Waals surface area contributed by atoms with Gasteiger partial charge in [-0.15, -0.1) is 11.3 Å². The Hall–Kier alpha value is -1.69. The van der Waals surface area contributed by atoms with Crippen LogP contribution in [0.5, 0.6) is 0 Å². The third-order valence-corrected chi connectivity index (χ3v) is 6.25. The van der Waals surface area contributed by atoms with Crippen molar-refractivity contribution in [2.75, 3.05) is 13.1 Å². The van der Waals surface area contributed by atoms with E-state index >= 15 is 0 Å². The zero-order chi connectivity index (χ0) is 17.4. The average Bonchev–Trinajstić information content (AvgIpc) is 3.08. The highest BCUT2D eigenvalue weighted by molar-refractivity contribution is 7.11. The van der Waals surface area contributed by atoms with Gasteiger partial charge in [-0.25, -0.2) is 4.98 Å². The second-order valence-electron chi connectivity index (χ2n) is 6.78. The van der Waals surface area contributed by atoms with Gasteiger partial charge in [0.2, 0.25) is 5.91 Å². The van der Waals surface area contributed by atoms with E-state index in [0.717, 1.165) is 48.6 Å². The lowest BCUT2D eigenvalue weighted by atomic mass is 9.94. The second kappa shape index (κ2) is 6.67. The quantitative estimate of drug-likeness (QED) is 0.845. The maximum atomic E-state index is 13.0. The molecule has 2 aromatic heterocycles. The monoisotopic (exact) mass is 347 g/mol. The Kier molecular flexibility index (Phi) is 4.76. The molecule has 130 valence electrons. The number of amides is 1. The molecule has 1 fully saturated rings. The van der Waals surface area contributed by atoms with Gasteiger partial charge in [0.1, 0.15) is 5.76 Å². The van der Waals surface area contributed by atoms with Crippen LogP contribution in [-0.4, -0.2) is 34.0 Å². The molecule has 0 radical (unpaired) electrons. The SMILES string of the molecule is Cc1nc([C@H]2CCCN(C(=O)[C@@H](C)c3c(C)noc3C)C2)sc1C. The topological polar surface area (TPSA) is 59.2 Å². The van der Waals surface area contributed by atoms with Crippen LogP contribution in [-0.2, 0) is 4.79 Å². The Labute approximate surface area is 147 Å². The van der Waals surface area contributed by atoms with Crippen molar-refractivity contribution in [3.05, 3.63) is 32.6 Å². The van der Waals surface area contributed by atoms with Crippen molar-refractivity contribution in [2.24, 2.45) is 0 Å². The minimum absolute atomic E-state index is 0.166. The minimum atomic E-state index is -0.213. The van der Waals surface area contributed by atoms with E-state index in [0.29, 0.717) is 5.92 Å². The van der Waals surface area contributed by atoms with Crippen LogP contribution in [0.3, 0.4) is 0 Å². The molecule has 0 saturated carbocycles. The fourth-order valence-electron chi connectivity index (χ4n) is 3.56. The summed E-state index contributed by atoms with van der Waals surface area (Å²) in [6.07, 6.45) is 2.14. The average molecular weight is 347 g/mol. The van der Waals surface area contributed by atoms with Crippen LogP contribution in [0.4, 0.5) is 0 Å². The predicted molar refractivity (Wildman–Crippen MR) is 94.5 cm³/mol. The molecule has 0 aliphatic carbocycles. The summed E-state index contributed by atoms with van der Waals surface area (Å²) >= 11 is 1.77. The van der Waals surface area contributed by atoms with E-state index in [1.807, 2.05) is 25.7 Å². The van der Waals surface area contributed by atoms with Crippen molar-refractivity contribution >= 4 is 17.2 Å². The Morgan fingerprint density at radius 2 is 2.04 bits per heavy atom. The molecule has 2 aromatic rings. The van der Waals surface area contributed by atoms with Gasteiger partial charge in [-0.2, -0.15) is 0 Å². The smallest absolute Gasteiger partial charge is 0.230 e. The summed E-state index contributed by atoms with van der Waals surface area (Å²) in [6, 6.07) is 0. The van der Waals surface area contributed by atoms with Crippen LogP contribution >= 0.6 is 11.3 Å². The van der Waals surface area contributed by atoms with E-state index in [1.165, 1.54) is 9.88 Å². The molecule has 0 spiro atoms. The molecular formula is C18H25N3O2S. The van der Waals surface area contributed by atoms with Gasteiger partial charge in [-0.1, -0.05) is 5.16 Å². The third-order valence-electron chi connectivity index (χ3n) is 5.02. The van der Waals surface area contributed by atoms with Crippen LogP contribution in [0.25, 0.3) is 0 Å². The highest BCUT2D eigenvalue weighted by atomic mass is 32.1. The summed E-state index contributed by atoms with van der Waals surface area (Å²) in [7, 11) is 0. The lowest BCUT2D eigenvalue weighted by molar-refractivity contribution is -0.133. The molecular weight excluding hydrogens is 322 g/mol. The number of carbonyl (C=O) groups is 1. The Balaban J connectivity index is 1.75. The summed E-state index contributed by atoms with van der Waals surface area (Å²) in [5.74, 6) is 1.05. The molecule has 24 heavy (non-hydrogen) atoms. The lowest BCUT2D eigenvalue weighted by Gasteiger charge is -2.33. The highest BCUT2D eigenvalue weighted by Gasteiger charge is 2.31. The Bertz CT molecular complexity index is 711. The Morgan fingerprint density at radius 1 is 1.29 bits per heavy atom. The van der Waals surface area contributed by atoms with Crippen molar-refractivity contribution < 1.29 is 9.32 Å². The molecule has 0 bridgehead atoms. The molecule has 3 rings (SSSR count). The fourth-order valence-corrected chi connectivity index (χ4v) is 4.61. The third kappa shape index (κ3) is 3.11. The van der Waals surface area contributed by atoms with Gasteiger partial charge in [0.05, 0.1) is 22.3 Å². The van der Waals surface area contributed by atoms with Crippen LogP contribution in [0.15, 0.2) is 4.52 Å². The first-order valence-electron chi connectivity index (χ1n) is 8.54. The number of thiazole rings is 1. The van der Waals surface area contributed by atoms with Crippen molar-refractivity contribution in [1.82, 2.24) is 15.0 Å². The fraction of sp³-hybridized carbons (Fsp3) is 0.611. The second-order valence-corrected chi connectivity index (χ2v) is 8.01. The maximum absolute atomic E-state index is 13.0. The van der Waals surface area contributed by atoms with Crippen molar-refractivity contribution in [3.63, 3.8) is 0 Å². The van der Waals surface area contributed by atoms with Crippen molar-refractivity contribution in [1.29, 1.82) is 0 Å². The lowest BCUT2D eigenvalue weighted by Crippen LogP contribution is -2.41. The standard InChI is InChI=1S/C18H25N3O2S/c1-10(16-12(3)20-23-13(16)4)18(22)21-8-6-7-15(9-21)17-19-11(2)14(5)24-17/h10,15H,6-9H2,1-5H3/t10-,15-/m0/s1. The summed E-state index contributed by atoms with van der Waals surface area (Å²) < 4.78 is 5.23. The maximum Gasteiger partial charge on any atom is 0.230 e. The molecule has 1 saturated heterocycles. The number of aromatic nitrogens is 2. The van der Waals surface area contributed by atoms with Crippen LogP contribution in [0.2, 0.25) is 0 Å². The molecule has 0 aromatic carbocycles. The molecule has 6 heteroatoms. The molecule has 0 N–H and O–H groups in total. The number of likely N-dealkylation sites (tertiary alicyclic amines) is 1. The van der Waals surface area contributed by atoms with Gasteiger partial charge in [0, 0.05) is 29.4 Å². The Morgan fingerprint density at radius 3 is 2.62 bits per heavy atom. The number of aryl methyl sites for hydroxylation is 4. The van der Waals surface area contributed by atoms with Gasteiger partial charge in [0.25, 0.3) is 0 Å². The molecule has 2 atom stereocenters. The first-order chi connectivity index (χ1) is 11.4. The summed E-state index contributed by atoms with van der Waals surface area (Å²) in [5, 5.41) is 5.16. The summed E-state index contributed by atoms with van der Waals surface area (Å²) in [4.78, 5) is 21.0. The first-order valence-corrected chi connectivity index (χ1v) is 9.35. The van der Waals surface area contributed by atoms with Crippen LogP contribution in [0.1, 0.15) is 64.2 Å². The van der Waals surface area contributed by atoms with E-state index < -0.39 is 0 Å². The summed E-state index contributed by atoms with van der Waals surface area (Å²) in [6.45, 7) is 11.5. The molecule has 1 amide bonds. The van der Waals surface area contributed by atoms with E-state index in [-0.39, 0.29) is 11.8 Å². The van der Waals surface area contributed by atoms with Gasteiger partial charge >= 0.3 is 0 Å². The molecule has 1 aliphatic rings. The van der Waals surface area contributed by atoms with Gasteiger partial charge in [-0.05, 0) is 47.5 Å². The van der Waals surface area contributed by atoms with Gasteiger partial charge in [0.15, 0.2) is 0 Å². The first kappa shape index (κ1) is 17.1. The zero-order valence-corrected chi connectivity index (χ0v) is 15.9. The van der Waals surface area contributed by atoms with Crippen LogP contribution in [0, 0.1) is 27.7 Å². The summed E-state index contributed by atoms with van der Waals surface area (Å²) in [5.41, 5.74) is 2.86. The van der Waals surface area contributed by atoms with Crippen molar-refractivity contribution in [2.45, 2.75) is 59.3 Å². The number of carbonyl (C=O) groups excluding carboxylic acids is 1. The number of piperidine rings is 1. The van der Waals surface area contributed by atoms with Gasteiger partial charge < -0.3 is 9.42 Å². The normalized spacial score (nSPS) is 19.5. The van der Waals surface area contributed by atoms with Crippen molar-refractivity contribution in [3.8, 4) is 0 Å². The number of hydrogen-bond acceptors (Lipinski definition) is 5. The van der Waals surface area contributed by atoms with E-state index in [2.05, 4.69) is 19.0 Å². The molecule has 0 unspecified atom stereocenters. The predicted octanol–water partition coefficient (Wildman–Crippen LogP) is 3.87. The largest absolute Gasteiger partial charge is 0.361 e. The zero-order valence-electron chi connectivity index (χ0n) is 15.0. The number of hydrogen-bond donors (Lipinski definition) is 0. The molecule has 5 nitrogen and oxygen atoms in total.